The molecule has 2 N–H and O–H groups in total. The minimum atomic E-state index is 0.442. The van der Waals surface area contributed by atoms with Gasteiger partial charge in [-0.15, -0.1) is 0 Å². The summed E-state index contributed by atoms with van der Waals surface area (Å²) in [6.07, 6.45) is 2.33. The molecule has 2 aliphatic heterocycles. The third-order valence-electron chi connectivity index (χ3n) is 7.41. The van der Waals surface area contributed by atoms with Crippen LogP contribution in [0.1, 0.15) is 36.7 Å². The van der Waals surface area contributed by atoms with Crippen LogP contribution in [0.4, 0.5) is 17.6 Å². The van der Waals surface area contributed by atoms with Gasteiger partial charge < -0.3 is 24.9 Å². The average Bonchev–Trinajstić information content (AvgIpc) is 3.60. The summed E-state index contributed by atoms with van der Waals surface area (Å²) < 4.78 is 6.00. The van der Waals surface area contributed by atoms with E-state index in [1.807, 2.05) is 36.4 Å². The lowest BCUT2D eigenvalue weighted by molar-refractivity contribution is 0.436. The monoisotopic (exact) mass is 558 g/mol. The molecule has 2 aliphatic rings. The van der Waals surface area contributed by atoms with Gasteiger partial charge in [0.25, 0.3) is 0 Å². The van der Waals surface area contributed by atoms with Crippen LogP contribution in [-0.2, 0) is 19.6 Å². The molecular formula is C30H31ClN6OS. The van der Waals surface area contributed by atoms with Crippen molar-refractivity contribution in [1.82, 2.24) is 15.3 Å². The van der Waals surface area contributed by atoms with E-state index in [0.717, 1.165) is 60.8 Å². The van der Waals surface area contributed by atoms with E-state index in [2.05, 4.69) is 57.7 Å². The summed E-state index contributed by atoms with van der Waals surface area (Å²) in [7, 11) is 0. The molecule has 1 fully saturated rings. The maximum atomic E-state index is 6.01. The molecule has 9 heteroatoms. The summed E-state index contributed by atoms with van der Waals surface area (Å²) in [4.78, 5) is 14.4. The SMILES string of the molecule is CC1CCN(c2cc(N3Cc4ccccc4C3)nc(NC(=S)NCc3ccc(-c4ccc(Cl)cc4)o3)n2)CC1. The van der Waals surface area contributed by atoms with Crippen LogP contribution in [0.15, 0.2) is 71.1 Å². The van der Waals surface area contributed by atoms with Gasteiger partial charge in [0.2, 0.25) is 5.95 Å². The Labute approximate surface area is 239 Å². The standard InChI is InChI=1S/C30H31ClN6OS/c1-20-12-14-36(15-13-20)27-16-28(37-18-22-4-2-3-5-23(22)19-37)34-29(33-27)35-30(39)32-17-25-10-11-26(38-25)21-6-8-24(31)9-7-21/h2-11,16,20H,12-15,17-19H2,1H3,(H2,32,33,34,35,39). The predicted molar refractivity (Wildman–Crippen MR) is 161 cm³/mol. The van der Waals surface area contributed by atoms with E-state index in [0.29, 0.717) is 22.6 Å². The molecule has 0 atom stereocenters. The number of fused-ring (bicyclic) bond motifs is 1. The van der Waals surface area contributed by atoms with E-state index < -0.39 is 0 Å². The number of hydrogen-bond donors (Lipinski definition) is 2. The number of nitrogens with one attached hydrogen (secondary N) is 2. The zero-order valence-corrected chi connectivity index (χ0v) is 23.4. The molecule has 0 bridgehead atoms. The Balaban J connectivity index is 1.16. The highest BCUT2D eigenvalue weighted by atomic mass is 35.5. The number of thiocarbonyl (C=S) groups is 1. The van der Waals surface area contributed by atoms with Crippen LogP contribution in [0.5, 0.6) is 0 Å². The number of rotatable bonds is 6. The zero-order valence-electron chi connectivity index (χ0n) is 21.9. The van der Waals surface area contributed by atoms with Gasteiger partial charge in [-0.25, -0.2) is 0 Å². The van der Waals surface area contributed by atoms with Crippen molar-refractivity contribution in [2.24, 2.45) is 5.92 Å². The van der Waals surface area contributed by atoms with Gasteiger partial charge >= 0.3 is 0 Å². The lowest BCUT2D eigenvalue weighted by atomic mass is 9.99. The number of halogens is 1. The summed E-state index contributed by atoms with van der Waals surface area (Å²) in [6, 6.07) is 22.2. The number of piperidine rings is 1. The highest BCUT2D eigenvalue weighted by Crippen LogP contribution is 2.31. The molecule has 200 valence electrons. The molecule has 0 amide bonds. The van der Waals surface area contributed by atoms with Crippen molar-refractivity contribution in [3.8, 4) is 11.3 Å². The molecule has 0 unspecified atom stereocenters. The molecule has 0 radical (unpaired) electrons. The Morgan fingerprint density at radius 2 is 1.62 bits per heavy atom. The van der Waals surface area contributed by atoms with Gasteiger partial charge in [0.1, 0.15) is 23.2 Å². The highest BCUT2D eigenvalue weighted by Gasteiger charge is 2.24. The van der Waals surface area contributed by atoms with E-state index in [1.54, 1.807) is 0 Å². The third-order valence-corrected chi connectivity index (χ3v) is 7.91. The van der Waals surface area contributed by atoms with Gasteiger partial charge in [0.05, 0.1) is 6.54 Å². The molecule has 6 rings (SSSR count). The number of anilines is 3. The van der Waals surface area contributed by atoms with Crippen molar-refractivity contribution in [2.45, 2.75) is 39.4 Å². The maximum absolute atomic E-state index is 6.01. The lowest BCUT2D eigenvalue weighted by Crippen LogP contribution is -2.34. The summed E-state index contributed by atoms with van der Waals surface area (Å²) in [5.74, 6) is 4.63. The van der Waals surface area contributed by atoms with Crippen LogP contribution in [0.3, 0.4) is 0 Å². The predicted octanol–water partition coefficient (Wildman–Crippen LogP) is 6.63. The van der Waals surface area contributed by atoms with Crippen LogP contribution in [0, 0.1) is 5.92 Å². The van der Waals surface area contributed by atoms with E-state index in [4.69, 9.17) is 38.2 Å². The lowest BCUT2D eigenvalue weighted by Gasteiger charge is -2.32. The molecule has 7 nitrogen and oxygen atoms in total. The first-order valence-corrected chi connectivity index (χ1v) is 14.1. The maximum Gasteiger partial charge on any atom is 0.232 e. The number of nitrogens with zero attached hydrogens (tertiary/aromatic N) is 4. The number of hydrogen-bond acceptors (Lipinski definition) is 6. The molecule has 2 aromatic carbocycles. The minimum Gasteiger partial charge on any atom is -0.459 e. The van der Waals surface area contributed by atoms with Crippen LogP contribution < -0.4 is 20.4 Å². The van der Waals surface area contributed by atoms with Gasteiger partial charge in [0, 0.05) is 42.8 Å². The van der Waals surface area contributed by atoms with E-state index >= 15 is 0 Å². The van der Waals surface area contributed by atoms with Crippen LogP contribution >= 0.6 is 23.8 Å². The highest BCUT2D eigenvalue weighted by molar-refractivity contribution is 7.80. The molecule has 1 saturated heterocycles. The quantitative estimate of drug-likeness (QED) is 0.255. The van der Waals surface area contributed by atoms with Crippen LogP contribution in [0.2, 0.25) is 5.02 Å². The van der Waals surface area contributed by atoms with E-state index in [-0.39, 0.29) is 0 Å². The first kappa shape index (κ1) is 25.6. The number of benzene rings is 2. The Morgan fingerprint density at radius 3 is 2.31 bits per heavy atom. The molecule has 0 spiro atoms. The van der Waals surface area contributed by atoms with Crippen molar-refractivity contribution < 1.29 is 4.42 Å². The van der Waals surface area contributed by atoms with Gasteiger partial charge in [-0.05, 0) is 78.5 Å². The smallest absolute Gasteiger partial charge is 0.232 e. The molecular weight excluding hydrogens is 528 g/mol. The van der Waals surface area contributed by atoms with Crippen molar-refractivity contribution in [1.29, 1.82) is 0 Å². The zero-order chi connectivity index (χ0) is 26.8. The van der Waals surface area contributed by atoms with E-state index in [1.165, 1.54) is 24.0 Å². The van der Waals surface area contributed by atoms with Crippen molar-refractivity contribution in [2.75, 3.05) is 28.2 Å². The first-order chi connectivity index (χ1) is 19.0. The van der Waals surface area contributed by atoms with Crippen molar-refractivity contribution >= 4 is 46.5 Å². The van der Waals surface area contributed by atoms with E-state index in [9.17, 15) is 0 Å². The Morgan fingerprint density at radius 1 is 0.949 bits per heavy atom. The number of aromatic nitrogens is 2. The second-order valence-corrected chi connectivity index (χ2v) is 11.1. The number of furan rings is 1. The van der Waals surface area contributed by atoms with Gasteiger partial charge in [-0.2, -0.15) is 9.97 Å². The van der Waals surface area contributed by atoms with Gasteiger partial charge in [-0.3, -0.25) is 0 Å². The molecule has 0 aliphatic carbocycles. The molecule has 4 aromatic rings. The van der Waals surface area contributed by atoms with Gasteiger partial charge in [-0.1, -0.05) is 42.8 Å². The summed E-state index contributed by atoms with van der Waals surface area (Å²) in [5, 5.41) is 7.59. The Bertz CT molecular complexity index is 1440. The minimum absolute atomic E-state index is 0.442. The van der Waals surface area contributed by atoms with Crippen molar-refractivity contribution in [3.63, 3.8) is 0 Å². The Kier molecular flexibility index (Phi) is 7.39. The molecule has 39 heavy (non-hydrogen) atoms. The summed E-state index contributed by atoms with van der Waals surface area (Å²) in [5.41, 5.74) is 3.65. The fourth-order valence-electron chi connectivity index (χ4n) is 5.09. The largest absolute Gasteiger partial charge is 0.459 e. The molecule has 0 saturated carbocycles. The first-order valence-electron chi connectivity index (χ1n) is 13.4. The molecule has 4 heterocycles. The van der Waals surface area contributed by atoms with Gasteiger partial charge in [0.15, 0.2) is 5.11 Å². The second-order valence-electron chi connectivity index (χ2n) is 10.3. The van der Waals surface area contributed by atoms with Crippen molar-refractivity contribution in [3.05, 3.63) is 88.6 Å². The van der Waals surface area contributed by atoms with Crippen LogP contribution in [0.25, 0.3) is 11.3 Å². The average molecular weight is 559 g/mol. The summed E-state index contributed by atoms with van der Waals surface area (Å²) >= 11 is 11.6. The topological polar surface area (TPSA) is 69.5 Å². The Hall–Kier alpha value is -3.62. The second kappa shape index (κ2) is 11.2. The molecule has 2 aromatic heterocycles. The fraction of sp³-hybridized carbons (Fsp3) is 0.300. The summed E-state index contributed by atoms with van der Waals surface area (Å²) in [6.45, 7) is 6.42. The fourth-order valence-corrected chi connectivity index (χ4v) is 5.38. The normalized spacial score (nSPS) is 15.3. The van der Waals surface area contributed by atoms with Crippen LogP contribution in [-0.4, -0.2) is 28.2 Å². The third kappa shape index (κ3) is 6.02.